The van der Waals surface area contributed by atoms with Gasteiger partial charge < -0.3 is 10.1 Å². The minimum absolute atomic E-state index is 0.0597. The predicted molar refractivity (Wildman–Crippen MR) is 89.2 cm³/mol. The summed E-state index contributed by atoms with van der Waals surface area (Å²) in [6, 6.07) is 14.0. The van der Waals surface area contributed by atoms with E-state index in [4.69, 9.17) is 4.74 Å². The van der Waals surface area contributed by atoms with Gasteiger partial charge in [-0.05, 0) is 18.2 Å². The maximum Gasteiger partial charge on any atom is 0.261 e. The van der Waals surface area contributed by atoms with Gasteiger partial charge in [-0.15, -0.1) is 0 Å². The molecule has 0 bridgehead atoms. The van der Waals surface area contributed by atoms with Gasteiger partial charge in [-0.1, -0.05) is 30.3 Å². The summed E-state index contributed by atoms with van der Waals surface area (Å²) in [6.45, 7) is 0.450. The average molecular weight is 336 g/mol. The summed E-state index contributed by atoms with van der Waals surface area (Å²) in [5.74, 6) is -0.138. The van der Waals surface area contributed by atoms with Crippen molar-refractivity contribution in [3.8, 4) is 5.75 Å². The third kappa shape index (κ3) is 2.65. The van der Waals surface area contributed by atoms with Crippen LogP contribution in [0.15, 0.2) is 48.5 Å². The number of benzene rings is 2. The number of para-hydroxylation sites is 1. The van der Waals surface area contributed by atoms with E-state index in [0.29, 0.717) is 17.7 Å². The standard InChI is InChI=1S/C19H16N2O4/c22-17(20-15-11-25-16-8-4-3-7-14(15)16)9-10-21-18(23)12-5-1-2-6-13(12)19(21)24/h1-8,15H,9-11H2,(H,20,22). The number of nitrogens with zero attached hydrogens (tertiary/aromatic N) is 1. The Morgan fingerprint density at radius 3 is 2.40 bits per heavy atom. The predicted octanol–water partition coefficient (Wildman–Crippen LogP) is 1.92. The second-order valence-corrected chi connectivity index (χ2v) is 6.03. The smallest absolute Gasteiger partial charge is 0.261 e. The van der Waals surface area contributed by atoms with E-state index in [1.807, 2.05) is 24.3 Å². The fourth-order valence-corrected chi connectivity index (χ4v) is 3.20. The highest BCUT2D eigenvalue weighted by Crippen LogP contribution is 2.31. The largest absolute Gasteiger partial charge is 0.491 e. The molecule has 2 aromatic rings. The number of carbonyl (C=O) groups is 3. The summed E-state index contributed by atoms with van der Waals surface area (Å²) in [7, 11) is 0. The van der Waals surface area contributed by atoms with Crippen molar-refractivity contribution in [1.82, 2.24) is 10.2 Å². The van der Waals surface area contributed by atoms with Gasteiger partial charge in [0.05, 0.1) is 17.2 Å². The van der Waals surface area contributed by atoms with Crippen molar-refractivity contribution in [2.75, 3.05) is 13.2 Å². The molecule has 3 amide bonds. The van der Waals surface area contributed by atoms with E-state index < -0.39 is 0 Å². The zero-order chi connectivity index (χ0) is 17.4. The van der Waals surface area contributed by atoms with Crippen LogP contribution in [0.5, 0.6) is 5.75 Å². The van der Waals surface area contributed by atoms with Crippen LogP contribution in [0.1, 0.15) is 38.7 Å². The van der Waals surface area contributed by atoms with Crippen molar-refractivity contribution in [1.29, 1.82) is 0 Å². The molecule has 25 heavy (non-hydrogen) atoms. The van der Waals surface area contributed by atoms with E-state index in [9.17, 15) is 14.4 Å². The number of rotatable bonds is 4. The van der Waals surface area contributed by atoms with Gasteiger partial charge in [-0.25, -0.2) is 0 Å². The van der Waals surface area contributed by atoms with Gasteiger partial charge in [-0.3, -0.25) is 19.3 Å². The molecule has 4 rings (SSSR count). The molecule has 0 saturated heterocycles. The molecular weight excluding hydrogens is 320 g/mol. The maximum absolute atomic E-state index is 12.3. The first-order valence-corrected chi connectivity index (χ1v) is 8.11. The molecule has 0 spiro atoms. The molecule has 6 heteroatoms. The summed E-state index contributed by atoms with van der Waals surface area (Å²) in [5.41, 5.74) is 1.73. The number of hydrogen-bond donors (Lipinski definition) is 1. The zero-order valence-electron chi connectivity index (χ0n) is 13.4. The summed E-state index contributed by atoms with van der Waals surface area (Å²) >= 11 is 0. The van der Waals surface area contributed by atoms with Gasteiger partial charge >= 0.3 is 0 Å². The fraction of sp³-hybridized carbons (Fsp3) is 0.211. The molecule has 6 nitrogen and oxygen atoms in total. The summed E-state index contributed by atoms with van der Waals surface area (Å²) in [4.78, 5) is 37.9. The van der Waals surface area contributed by atoms with E-state index in [0.717, 1.165) is 16.2 Å². The lowest BCUT2D eigenvalue weighted by Crippen LogP contribution is -2.36. The maximum atomic E-state index is 12.3. The first-order chi connectivity index (χ1) is 12.1. The van der Waals surface area contributed by atoms with Crippen molar-refractivity contribution < 1.29 is 19.1 Å². The van der Waals surface area contributed by atoms with E-state index in [1.54, 1.807) is 24.3 Å². The molecule has 126 valence electrons. The molecule has 2 aromatic carbocycles. The number of fused-ring (bicyclic) bond motifs is 2. The van der Waals surface area contributed by atoms with Gasteiger partial charge in [0.2, 0.25) is 5.91 Å². The number of imide groups is 1. The first kappa shape index (κ1) is 15.4. The zero-order valence-corrected chi connectivity index (χ0v) is 13.4. The lowest BCUT2D eigenvalue weighted by molar-refractivity contribution is -0.122. The van der Waals surface area contributed by atoms with Gasteiger partial charge in [0.15, 0.2) is 0 Å². The Morgan fingerprint density at radius 1 is 1.04 bits per heavy atom. The highest BCUT2D eigenvalue weighted by molar-refractivity contribution is 6.21. The van der Waals surface area contributed by atoms with E-state index in [-0.39, 0.29) is 36.7 Å². The third-order valence-electron chi connectivity index (χ3n) is 4.48. The van der Waals surface area contributed by atoms with Crippen LogP contribution in [-0.2, 0) is 4.79 Å². The Kier molecular flexibility index (Phi) is 3.72. The molecule has 0 saturated carbocycles. The molecule has 2 aliphatic heterocycles. The summed E-state index contributed by atoms with van der Waals surface area (Å²) in [5, 5.41) is 2.90. The van der Waals surface area contributed by atoms with Crippen LogP contribution in [0.2, 0.25) is 0 Å². The second kappa shape index (κ2) is 6.05. The Morgan fingerprint density at radius 2 is 1.68 bits per heavy atom. The Hall–Kier alpha value is -3.15. The van der Waals surface area contributed by atoms with Gasteiger partial charge in [-0.2, -0.15) is 0 Å². The average Bonchev–Trinajstić information content (AvgIpc) is 3.14. The van der Waals surface area contributed by atoms with Crippen LogP contribution >= 0.6 is 0 Å². The number of nitrogens with one attached hydrogen (secondary N) is 1. The van der Waals surface area contributed by atoms with Crippen molar-refractivity contribution in [2.24, 2.45) is 0 Å². The molecule has 0 radical (unpaired) electrons. The number of amides is 3. The van der Waals surface area contributed by atoms with Crippen LogP contribution in [0.4, 0.5) is 0 Å². The molecule has 1 unspecified atom stereocenters. The minimum Gasteiger partial charge on any atom is -0.491 e. The molecule has 1 N–H and O–H groups in total. The molecule has 2 aliphatic rings. The lowest BCUT2D eigenvalue weighted by atomic mass is 10.1. The second-order valence-electron chi connectivity index (χ2n) is 6.03. The van der Waals surface area contributed by atoms with E-state index >= 15 is 0 Å². The number of hydrogen-bond acceptors (Lipinski definition) is 4. The topological polar surface area (TPSA) is 75.7 Å². The molecule has 0 aliphatic carbocycles. The van der Waals surface area contributed by atoms with Crippen LogP contribution in [0.3, 0.4) is 0 Å². The first-order valence-electron chi connectivity index (χ1n) is 8.11. The van der Waals surface area contributed by atoms with Crippen molar-refractivity contribution in [3.63, 3.8) is 0 Å². The molecule has 1 atom stereocenters. The number of carbonyl (C=O) groups excluding carboxylic acids is 3. The fourth-order valence-electron chi connectivity index (χ4n) is 3.20. The molecule has 0 aromatic heterocycles. The molecular formula is C19H16N2O4. The normalized spacial score (nSPS) is 17.9. The Bertz CT molecular complexity index is 842. The van der Waals surface area contributed by atoms with Crippen LogP contribution in [0.25, 0.3) is 0 Å². The summed E-state index contributed by atoms with van der Waals surface area (Å²) in [6.07, 6.45) is 0.0597. The third-order valence-corrected chi connectivity index (χ3v) is 4.48. The number of ether oxygens (including phenoxy) is 1. The van der Waals surface area contributed by atoms with Gasteiger partial charge in [0.25, 0.3) is 11.8 Å². The van der Waals surface area contributed by atoms with Crippen LogP contribution < -0.4 is 10.1 Å². The van der Waals surface area contributed by atoms with Gasteiger partial charge in [0, 0.05) is 18.5 Å². The van der Waals surface area contributed by atoms with E-state index in [1.165, 1.54) is 0 Å². The highest BCUT2D eigenvalue weighted by Gasteiger charge is 2.35. The minimum atomic E-state index is -0.344. The molecule has 2 heterocycles. The van der Waals surface area contributed by atoms with Crippen molar-refractivity contribution in [3.05, 3.63) is 65.2 Å². The van der Waals surface area contributed by atoms with Crippen LogP contribution in [-0.4, -0.2) is 35.8 Å². The van der Waals surface area contributed by atoms with Gasteiger partial charge in [0.1, 0.15) is 12.4 Å². The Balaban J connectivity index is 1.38. The van der Waals surface area contributed by atoms with Crippen molar-refractivity contribution >= 4 is 17.7 Å². The Labute approximate surface area is 144 Å². The van der Waals surface area contributed by atoms with E-state index in [2.05, 4.69) is 5.32 Å². The monoisotopic (exact) mass is 336 g/mol. The van der Waals surface area contributed by atoms with Crippen molar-refractivity contribution in [2.45, 2.75) is 12.5 Å². The van der Waals surface area contributed by atoms with Crippen LogP contribution in [0, 0.1) is 0 Å². The highest BCUT2D eigenvalue weighted by atomic mass is 16.5. The molecule has 0 fully saturated rings. The summed E-state index contributed by atoms with van der Waals surface area (Å²) < 4.78 is 5.53. The SMILES string of the molecule is O=C(CCN1C(=O)c2ccccc2C1=O)NC1COc2ccccc21. The quantitative estimate of drug-likeness (QED) is 0.866. The lowest BCUT2D eigenvalue weighted by Gasteiger charge is -2.15.